The second-order valence-electron chi connectivity index (χ2n) is 6.72. The van der Waals surface area contributed by atoms with Crippen LogP contribution in [0.2, 0.25) is 0 Å². The van der Waals surface area contributed by atoms with Gasteiger partial charge in [0, 0.05) is 18.6 Å². The number of ether oxygens (including phenoxy) is 1. The summed E-state index contributed by atoms with van der Waals surface area (Å²) in [5, 5.41) is 6.58. The summed E-state index contributed by atoms with van der Waals surface area (Å²) in [4.78, 5) is 12.5. The highest BCUT2D eigenvalue weighted by atomic mass is 16.5. The molecule has 0 aromatic heterocycles. The normalized spacial score (nSPS) is 44.9. The lowest BCUT2D eigenvalue weighted by atomic mass is 9.67. The summed E-state index contributed by atoms with van der Waals surface area (Å²) in [6, 6.07) is 0.445. The van der Waals surface area contributed by atoms with E-state index in [0.717, 1.165) is 19.4 Å². The highest BCUT2D eigenvalue weighted by Gasteiger charge is 2.41. The fourth-order valence-electron chi connectivity index (χ4n) is 4.31. The molecule has 3 aliphatic rings. The molecular weight excluding hydrogens is 254 g/mol. The number of nitrogens with one attached hydrogen (secondary N) is 2. The fourth-order valence-corrected chi connectivity index (χ4v) is 4.31. The van der Waals surface area contributed by atoms with Gasteiger partial charge in [0.15, 0.2) is 0 Å². The van der Waals surface area contributed by atoms with Crippen LogP contribution in [0.1, 0.15) is 39.0 Å². The van der Waals surface area contributed by atoms with Crippen molar-refractivity contribution in [2.75, 3.05) is 13.2 Å². The van der Waals surface area contributed by atoms with Gasteiger partial charge in [-0.3, -0.25) is 4.79 Å². The van der Waals surface area contributed by atoms with E-state index in [2.05, 4.69) is 10.6 Å². The van der Waals surface area contributed by atoms with Crippen molar-refractivity contribution in [3.05, 3.63) is 0 Å². The maximum Gasteiger partial charge on any atom is 0.240 e. The van der Waals surface area contributed by atoms with Crippen molar-refractivity contribution in [3.8, 4) is 0 Å². The zero-order valence-electron chi connectivity index (χ0n) is 12.3. The topological polar surface area (TPSA) is 76.4 Å². The Morgan fingerprint density at radius 3 is 2.65 bits per heavy atom. The Kier molecular flexibility index (Phi) is 4.29. The predicted octanol–water partition coefficient (Wildman–Crippen LogP) is 0.386. The smallest absolute Gasteiger partial charge is 0.240 e. The van der Waals surface area contributed by atoms with Crippen LogP contribution in [0.4, 0.5) is 0 Å². The van der Waals surface area contributed by atoms with E-state index in [-0.39, 0.29) is 18.1 Å². The summed E-state index contributed by atoms with van der Waals surface area (Å²) >= 11 is 0. The van der Waals surface area contributed by atoms with E-state index in [0.29, 0.717) is 30.5 Å². The lowest BCUT2D eigenvalue weighted by Gasteiger charge is -2.46. The number of amides is 1. The molecule has 3 fully saturated rings. The zero-order chi connectivity index (χ0) is 14.1. The van der Waals surface area contributed by atoms with Crippen LogP contribution in [-0.2, 0) is 9.53 Å². The van der Waals surface area contributed by atoms with Gasteiger partial charge in [-0.1, -0.05) is 6.42 Å². The lowest BCUT2D eigenvalue weighted by molar-refractivity contribution is -0.131. The maximum atomic E-state index is 12.5. The molecule has 1 aliphatic heterocycles. The molecule has 4 N–H and O–H groups in total. The molecule has 20 heavy (non-hydrogen) atoms. The molecule has 1 saturated heterocycles. The van der Waals surface area contributed by atoms with Crippen molar-refractivity contribution in [1.29, 1.82) is 0 Å². The van der Waals surface area contributed by atoms with Crippen molar-refractivity contribution in [3.63, 3.8) is 0 Å². The molecule has 5 heteroatoms. The van der Waals surface area contributed by atoms with Crippen LogP contribution in [0.25, 0.3) is 0 Å². The van der Waals surface area contributed by atoms with Gasteiger partial charge in [0.25, 0.3) is 0 Å². The Labute approximate surface area is 121 Å². The van der Waals surface area contributed by atoms with Crippen LogP contribution in [0.3, 0.4) is 0 Å². The van der Waals surface area contributed by atoms with Crippen LogP contribution in [0.15, 0.2) is 0 Å². The van der Waals surface area contributed by atoms with Gasteiger partial charge in [0.05, 0.1) is 12.7 Å². The molecule has 0 aromatic rings. The van der Waals surface area contributed by atoms with E-state index in [9.17, 15) is 4.79 Å². The van der Waals surface area contributed by atoms with Gasteiger partial charge < -0.3 is 21.1 Å². The number of morpholine rings is 1. The molecule has 0 spiro atoms. The molecule has 2 bridgehead atoms. The SMILES string of the molecule is C[C@H]1OCCN[C@@H]1C(=O)NC1C2CCCC1CC(N)C2. The average molecular weight is 281 g/mol. The molecule has 1 amide bonds. The fraction of sp³-hybridized carbons (Fsp3) is 0.933. The van der Waals surface area contributed by atoms with Crippen LogP contribution in [-0.4, -0.2) is 43.3 Å². The van der Waals surface area contributed by atoms with Crippen molar-refractivity contribution in [1.82, 2.24) is 10.6 Å². The third-order valence-corrected chi connectivity index (χ3v) is 5.28. The number of carbonyl (C=O) groups is 1. The molecule has 3 rings (SSSR count). The first-order valence-electron chi connectivity index (χ1n) is 8.06. The molecule has 0 radical (unpaired) electrons. The van der Waals surface area contributed by atoms with E-state index in [1.54, 1.807) is 0 Å². The van der Waals surface area contributed by atoms with E-state index in [4.69, 9.17) is 10.5 Å². The van der Waals surface area contributed by atoms with Crippen molar-refractivity contribution >= 4 is 5.91 Å². The van der Waals surface area contributed by atoms with E-state index in [1.165, 1.54) is 19.3 Å². The van der Waals surface area contributed by atoms with Crippen molar-refractivity contribution in [2.45, 2.75) is 63.3 Å². The number of hydrogen-bond acceptors (Lipinski definition) is 4. The predicted molar refractivity (Wildman–Crippen MR) is 77.2 cm³/mol. The molecule has 4 atom stereocenters. The minimum Gasteiger partial charge on any atom is -0.375 e. The maximum absolute atomic E-state index is 12.5. The Morgan fingerprint density at radius 1 is 1.30 bits per heavy atom. The molecule has 2 unspecified atom stereocenters. The molecular formula is C15H27N3O2. The lowest BCUT2D eigenvalue weighted by Crippen LogP contribution is -2.61. The molecule has 5 nitrogen and oxygen atoms in total. The van der Waals surface area contributed by atoms with Crippen LogP contribution in [0, 0.1) is 11.8 Å². The van der Waals surface area contributed by atoms with Crippen LogP contribution in [0.5, 0.6) is 0 Å². The standard InChI is InChI=1S/C15H27N3O2/c1-9-13(17-5-6-20-9)15(19)18-14-10-3-2-4-11(14)8-12(16)7-10/h9-14,17H,2-8,16H2,1H3,(H,18,19)/t9-,10?,11?,12?,13+,14?/m1/s1. The Bertz CT molecular complexity index is 349. The second-order valence-corrected chi connectivity index (χ2v) is 6.72. The monoisotopic (exact) mass is 281 g/mol. The first kappa shape index (κ1) is 14.3. The summed E-state index contributed by atoms with van der Waals surface area (Å²) in [5.41, 5.74) is 6.14. The number of fused-ring (bicyclic) bond motifs is 2. The number of nitrogens with two attached hydrogens (primary N) is 1. The van der Waals surface area contributed by atoms with Gasteiger partial charge in [0.1, 0.15) is 6.04 Å². The van der Waals surface area contributed by atoms with Gasteiger partial charge in [-0.25, -0.2) is 0 Å². The minimum atomic E-state index is -0.208. The van der Waals surface area contributed by atoms with Crippen LogP contribution < -0.4 is 16.4 Å². The Hall–Kier alpha value is -0.650. The summed E-state index contributed by atoms with van der Waals surface area (Å²) in [6.07, 6.45) is 5.78. The quantitative estimate of drug-likeness (QED) is 0.684. The highest BCUT2D eigenvalue weighted by Crippen LogP contribution is 2.39. The summed E-state index contributed by atoms with van der Waals surface area (Å²) in [7, 11) is 0. The number of hydrogen-bond donors (Lipinski definition) is 3. The molecule has 114 valence electrons. The van der Waals surface area contributed by atoms with E-state index in [1.807, 2.05) is 6.92 Å². The molecule has 2 aliphatic carbocycles. The van der Waals surface area contributed by atoms with E-state index < -0.39 is 0 Å². The Balaban J connectivity index is 1.63. The van der Waals surface area contributed by atoms with Gasteiger partial charge >= 0.3 is 0 Å². The molecule has 2 saturated carbocycles. The van der Waals surface area contributed by atoms with Crippen molar-refractivity contribution < 1.29 is 9.53 Å². The second kappa shape index (κ2) is 6.00. The first-order valence-corrected chi connectivity index (χ1v) is 8.06. The average Bonchev–Trinajstić information content (AvgIpc) is 2.40. The first-order chi connectivity index (χ1) is 9.65. The van der Waals surface area contributed by atoms with Gasteiger partial charge in [0.2, 0.25) is 5.91 Å². The Morgan fingerprint density at radius 2 is 2.00 bits per heavy atom. The molecule has 1 heterocycles. The third-order valence-electron chi connectivity index (χ3n) is 5.28. The number of carbonyl (C=O) groups excluding carboxylic acids is 1. The zero-order valence-corrected chi connectivity index (χ0v) is 12.3. The van der Waals surface area contributed by atoms with Gasteiger partial charge in [-0.2, -0.15) is 0 Å². The minimum absolute atomic E-state index is 0.0468. The summed E-state index contributed by atoms with van der Waals surface area (Å²) in [6.45, 7) is 3.41. The number of rotatable bonds is 2. The molecule has 0 aromatic carbocycles. The third kappa shape index (κ3) is 2.85. The summed E-state index contributed by atoms with van der Waals surface area (Å²) < 4.78 is 5.57. The largest absolute Gasteiger partial charge is 0.375 e. The van der Waals surface area contributed by atoms with Crippen LogP contribution >= 0.6 is 0 Å². The highest BCUT2D eigenvalue weighted by molar-refractivity contribution is 5.82. The van der Waals surface area contributed by atoms with Gasteiger partial charge in [-0.05, 0) is 44.4 Å². The van der Waals surface area contributed by atoms with Crippen molar-refractivity contribution in [2.24, 2.45) is 17.6 Å². The van der Waals surface area contributed by atoms with Gasteiger partial charge in [-0.15, -0.1) is 0 Å². The van der Waals surface area contributed by atoms with E-state index >= 15 is 0 Å². The summed E-state index contributed by atoms with van der Waals surface area (Å²) in [5.74, 6) is 1.25.